The maximum Gasteiger partial charge on any atom is 0.336 e. The number of sulfone groups is 1. The number of amides is 2. The molecular formula is C21H18ClN3O5S. The van der Waals surface area contributed by atoms with Crippen LogP contribution in [0.2, 0.25) is 5.02 Å². The second-order valence-electron chi connectivity index (χ2n) is 6.47. The Bertz CT molecular complexity index is 1200. The van der Waals surface area contributed by atoms with Gasteiger partial charge in [0.15, 0.2) is 14.9 Å². The lowest BCUT2D eigenvalue weighted by Gasteiger charge is -2.10. The third-order valence-electron chi connectivity index (χ3n) is 4.31. The molecule has 0 saturated carbocycles. The van der Waals surface area contributed by atoms with Gasteiger partial charge in [0, 0.05) is 10.7 Å². The zero-order chi connectivity index (χ0) is 22.4. The predicted octanol–water partition coefficient (Wildman–Crippen LogP) is 4.09. The maximum absolute atomic E-state index is 12.6. The number of para-hydroxylation sites is 1. The molecule has 1 aromatic heterocycles. The average Bonchev–Trinajstić information content (AvgIpc) is 2.73. The van der Waals surface area contributed by atoms with Crippen molar-refractivity contribution in [2.75, 3.05) is 16.4 Å². The van der Waals surface area contributed by atoms with Crippen molar-refractivity contribution in [3.05, 3.63) is 83.0 Å². The van der Waals surface area contributed by atoms with Gasteiger partial charge in [-0.3, -0.25) is 0 Å². The molecule has 3 aromatic rings. The van der Waals surface area contributed by atoms with Crippen molar-refractivity contribution in [3.63, 3.8) is 0 Å². The summed E-state index contributed by atoms with van der Waals surface area (Å²) >= 11 is 6.06. The van der Waals surface area contributed by atoms with Crippen LogP contribution in [0.5, 0.6) is 0 Å². The topological polar surface area (TPSA) is 125 Å². The summed E-state index contributed by atoms with van der Waals surface area (Å²) in [5.74, 6) is -1.55. The zero-order valence-electron chi connectivity index (χ0n) is 16.1. The zero-order valence-corrected chi connectivity index (χ0v) is 17.7. The van der Waals surface area contributed by atoms with Crippen LogP contribution < -0.4 is 10.6 Å². The number of rotatable bonds is 7. The Morgan fingerprint density at radius 2 is 1.65 bits per heavy atom. The minimum Gasteiger partial charge on any atom is -0.478 e. The summed E-state index contributed by atoms with van der Waals surface area (Å²) in [6, 6.07) is 15.4. The number of hydrogen-bond donors (Lipinski definition) is 3. The molecule has 8 nitrogen and oxygen atoms in total. The molecule has 0 aliphatic heterocycles. The molecule has 160 valence electrons. The quantitative estimate of drug-likeness (QED) is 0.488. The number of hydrogen-bond acceptors (Lipinski definition) is 5. The Balaban J connectivity index is 1.66. The number of carbonyl (C=O) groups is 2. The van der Waals surface area contributed by atoms with Gasteiger partial charge >= 0.3 is 12.0 Å². The van der Waals surface area contributed by atoms with E-state index in [-0.39, 0.29) is 33.3 Å². The highest BCUT2D eigenvalue weighted by Crippen LogP contribution is 2.22. The van der Waals surface area contributed by atoms with Gasteiger partial charge in [-0.25, -0.2) is 23.0 Å². The minimum absolute atomic E-state index is 0.0420. The van der Waals surface area contributed by atoms with Crippen molar-refractivity contribution in [3.8, 4) is 0 Å². The molecule has 3 N–H and O–H groups in total. The van der Waals surface area contributed by atoms with Crippen LogP contribution >= 0.6 is 11.6 Å². The summed E-state index contributed by atoms with van der Waals surface area (Å²) in [4.78, 5) is 27.3. The van der Waals surface area contributed by atoms with Crippen LogP contribution in [0.25, 0.3) is 0 Å². The summed E-state index contributed by atoms with van der Waals surface area (Å²) in [5, 5.41) is 14.5. The van der Waals surface area contributed by atoms with E-state index in [0.717, 1.165) is 0 Å². The predicted molar refractivity (Wildman–Crippen MR) is 117 cm³/mol. The number of aromatic nitrogens is 1. The summed E-state index contributed by atoms with van der Waals surface area (Å²) < 4.78 is 25.2. The molecule has 0 radical (unpaired) electrons. The second kappa shape index (κ2) is 9.59. The molecule has 0 aliphatic carbocycles. The standard InChI is InChI=1S/C21H18ClN3O5S/c22-18-8-4-7-17(20(26)27)16(18)11-12-31(29,30)19-10-9-15(13-23-19)25-21(28)24-14-5-2-1-3-6-14/h1-10,13H,11-12H2,(H,26,27)(H2,24,25,28). The van der Waals surface area contributed by atoms with E-state index in [1.165, 1.54) is 36.5 Å². The lowest BCUT2D eigenvalue weighted by Crippen LogP contribution is -2.19. The number of nitrogens with one attached hydrogen (secondary N) is 2. The van der Waals surface area contributed by atoms with Crippen molar-refractivity contribution in [1.29, 1.82) is 0 Å². The number of carboxylic acid groups (broad SMARTS) is 1. The lowest BCUT2D eigenvalue weighted by molar-refractivity contribution is 0.0695. The number of benzene rings is 2. The molecular weight excluding hydrogens is 442 g/mol. The number of nitrogens with zero attached hydrogens (tertiary/aromatic N) is 1. The van der Waals surface area contributed by atoms with Gasteiger partial charge in [-0.15, -0.1) is 0 Å². The number of carbonyl (C=O) groups excluding carboxylic acids is 1. The van der Waals surface area contributed by atoms with E-state index in [0.29, 0.717) is 11.4 Å². The molecule has 0 fully saturated rings. The van der Waals surface area contributed by atoms with Crippen molar-refractivity contribution in [1.82, 2.24) is 4.98 Å². The van der Waals surface area contributed by atoms with E-state index in [9.17, 15) is 23.1 Å². The molecule has 0 atom stereocenters. The normalized spacial score (nSPS) is 11.0. The molecule has 0 spiro atoms. The summed E-state index contributed by atoms with van der Waals surface area (Å²) in [6.07, 6.45) is 1.15. The monoisotopic (exact) mass is 459 g/mol. The number of aromatic carboxylic acids is 1. The fourth-order valence-corrected chi connectivity index (χ4v) is 4.25. The van der Waals surface area contributed by atoms with E-state index < -0.39 is 21.8 Å². The van der Waals surface area contributed by atoms with Crippen molar-refractivity contribution in [2.45, 2.75) is 11.4 Å². The summed E-state index contributed by atoms with van der Waals surface area (Å²) in [6.45, 7) is 0. The maximum atomic E-state index is 12.6. The number of anilines is 2. The Morgan fingerprint density at radius 3 is 2.29 bits per heavy atom. The van der Waals surface area contributed by atoms with Crippen LogP contribution in [0.4, 0.5) is 16.2 Å². The van der Waals surface area contributed by atoms with Gasteiger partial charge in [-0.05, 0) is 48.4 Å². The fourth-order valence-electron chi connectivity index (χ4n) is 2.81. The molecule has 3 rings (SSSR count). The first-order chi connectivity index (χ1) is 14.8. The van der Waals surface area contributed by atoms with Gasteiger partial charge in [0.2, 0.25) is 0 Å². The molecule has 0 bridgehead atoms. The largest absolute Gasteiger partial charge is 0.478 e. The number of urea groups is 1. The minimum atomic E-state index is -3.80. The van der Waals surface area contributed by atoms with Crippen LogP contribution in [0.3, 0.4) is 0 Å². The van der Waals surface area contributed by atoms with E-state index in [2.05, 4.69) is 15.6 Å². The first-order valence-corrected chi connectivity index (χ1v) is 11.1. The van der Waals surface area contributed by atoms with Crippen LogP contribution in [0, 0.1) is 0 Å². The number of pyridine rings is 1. The van der Waals surface area contributed by atoms with Gasteiger partial charge < -0.3 is 15.7 Å². The van der Waals surface area contributed by atoms with Crippen LogP contribution in [0.1, 0.15) is 15.9 Å². The third-order valence-corrected chi connectivity index (χ3v) is 6.29. The van der Waals surface area contributed by atoms with Gasteiger partial charge in [-0.2, -0.15) is 0 Å². The molecule has 31 heavy (non-hydrogen) atoms. The first kappa shape index (κ1) is 22.3. The Kier molecular flexibility index (Phi) is 6.88. The molecule has 0 aliphatic rings. The van der Waals surface area contributed by atoms with E-state index in [4.69, 9.17) is 11.6 Å². The Labute approximate surface area is 183 Å². The fraction of sp³-hybridized carbons (Fsp3) is 0.0952. The summed E-state index contributed by atoms with van der Waals surface area (Å²) in [5.41, 5.74) is 1.12. The van der Waals surface area contributed by atoms with E-state index in [1.54, 1.807) is 24.3 Å². The smallest absolute Gasteiger partial charge is 0.336 e. The molecule has 0 unspecified atom stereocenters. The van der Waals surface area contributed by atoms with Crippen LogP contribution in [-0.4, -0.2) is 36.3 Å². The highest BCUT2D eigenvalue weighted by molar-refractivity contribution is 7.91. The van der Waals surface area contributed by atoms with Gasteiger partial charge in [0.1, 0.15) is 0 Å². The van der Waals surface area contributed by atoms with Crippen molar-refractivity contribution >= 4 is 44.8 Å². The molecule has 0 saturated heterocycles. The van der Waals surface area contributed by atoms with E-state index in [1.807, 2.05) is 6.07 Å². The number of carboxylic acids is 1. The Hall–Kier alpha value is -3.43. The highest BCUT2D eigenvalue weighted by atomic mass is 35.5. The van der Waals surface area contributed by atoms with Gasteiger partial charge in [0.25, 0.3) is 0 Å². The number of halogens is 1. The lowest BCUT2D eigenvalue weighted by atomic mass is 10.1. The molecule has 1 heterocycles. The molecule has 2 aromatic carbocycles. The SMILES string of the molecule is O=C(Nc1ccccc1)Nc1ccc(S(=O)(=O)CCc2c(Cl)cccc2C(=O)O)nc1. The average molecular weight is 460 g/mol. The van der Waals surface area contributed by atoms with Crippen molar-refractivity contribution < 1.29 is 23.1 Å². The highest BCUT2D eigenvalue weighted by Gasteiger charge is 2.20. The van der Waals surface area contributed by atoms with Gasteiger partial charge in [-0.1, -0.05) is 35.9 Å². The first-order valence-electron chi connectivity index (χ1n) is 9.09. The van der Waals surface area contributed by atoms with Crippen LogP contribution in [0.15, 0.2) is 71.9 Å². The second-order valence-corrected chi connectivity index (χ2v) is 8.93. The summed E-state index contributed by atoms with van der Waals surface area (Å²) in [7, 11) is -3.80. The van der Waals surface area contributed by atoms with Crippen molar-refractivity contribution in [2.24, 2.45) is 0 Å². The third kappa shape index (κ3) is 5.80. The molecule has 2 amide bonds. The van der Waals surface area contributed by atoms with Gasteiger partial charge in [0.05, 0.1) is 23.2 Å². The Morgan fingerprint density at radius 1 is 0.935 bits per heavy atom. The van der Waals surface area contributed by atoms with Crippen LogP contribution in [-0.2, 0) is 16.3 Å². The van der Waals surface area contributed by atoms with E-state index >= 15 is 0 Å². The molecule has 10 heteroatoms.